The summed E-state index contributed by atoms with van der Waals surface area (Å²) in [4.78, 5) is 7.08. The van der Waals surface area contributed by atoms with E-state index in [9.17, 15) is 0 Å². The Kier molecular flexibility index (Phi) is 5.38. The van der Waals surface area contributed by atoms with Crippen molar-refractivity contribution < 1.29 is 0 Å². The standard InChI is InChI=1S/C11H22N2S/c1-4-10-8-6-7-9-13(10)11(14-3)12-5-2/h10H,4-9H2,1-3H3/t10-/m1/s1. The number of hydrogen-bond acceptors (Lipinski definition) is 2. The molecule has 1 fully saturated rings. The van der Waals surface area contributed by atoms with Gasteiger partial charge >= 0.3 is 0 Å². The zero-order valence-corrected chi connectivity index (χ0v) is 10.4. The Hall–Kier alpha value is -0.180. The molecule has 0 aromatic rings. The second kappa shape index (κ2) is 6.33. The lowest BCUT2D eigenvalue weighted by molar-refractivity contribution is 0.240. The van der Waals surface area contributed by atoms with E-state index in [1.165, 1.54) is 37.4 Å². The molecule has 1 aliphatic rings. The first-order chi connectivity index (χ1) is 6.83. The molecule has 0 saturated carbocycles. The monoisotopic (exact) mass is 214 g/mol. The Bertz CT molecular complexity index is 192. The van der Waals surface area contributed by atoms with E-state index in [0.29, 0.717) is 0 Å². The maximum Gasteiger partial charge on any atom is 0.159 e. The summed E-state index contributed by atoms with van der Waals surface area (Å²) in [6, 6.07) is 0.737. The summed E-state index contributed by atoms with van der Waals surface area (Å²) in [5.74, 6) is 0. The van der Waals surface area contributed by atoms with E-state index in [1.54, 1.807) is 11.8 Å². The van der Waals surface area contributed by atoms with E-state index in [1.807, 2.05) is 0 Å². The van der Waals surface area contributed by atoms with Gasteiger partial charge in [-0.3, -0.25) is 4.99 Å². The van der Waals surface area contributed by atoms with Gasteiger partial charge in [-0.1, -0.05) is 18.7 Å². The van der Waals surface area contributed by atoms with E-state index in [4.69, 9.17) is 0 Å². The largest absolute Gasteiger partial charge is 0.349 e. The van der Waals surface area contributed by atoms with Gasteiger partial charge in [-0.05, 0) is 38.9 Å². The van der Waals surface area contributed by atoms with Crippen LogP contribution in [0.15, 0.2) is 4.99 Å². The molecule has 0 aromatic carbocycles. The van der Waals surface area contributed by atoms with Gasteiger partial charge in [-0.25, -0.2) is 0 Å². The molecule has 0 aromatic heterocycles. The Morgan fingerprint density at radius 2 is 2.21 bits per heavy atom. The summed E-state index contributed by atoms with van der Waals surface area (Å²) < 4.78 is 0. The smallest absolute Gasteiger partial charge is 0.159 e. The topological polar surface area (TPSA) is 15.6 Å². The van der Waals surface area contributed by atoms with Crippen molar-refractivity contribution in [3.8, 4) is 0 Å². The van der Waals surface area contributed by atoms with Crippen molar-refractivity contribution in [1.29, 1.82) is 0 Å². The van der Waals surface area contributed by atoms with Crippen molar-refractivity contribution in [3.63, 3.8) is 0 Å². The van der Waals surface area contributed by atoms with Crippen molar-refractivity contribution >= 4 is 16.9 Å². The van der Waals surface area contributed by atoms with E-state index in [-0.39, 0.29) is 0 Å². The van der Waals surface area contributed by atoms with E-state index in [0.717, 1.165) is 12.6 Å². The number of rotatable bonds is 2. The number of hydrogen-bond donors (Lipinski definition) is 0. The van der Waals surface area contributed by atoms with Gasteiger partial charge in [0, 0.05) is 19.1 Å². The highest BCUT2D eigenvalue weighted by molar-refractivity contribution is 8.13. The fourth-order valence-corrected chi connectivity index (χ4v) is 2.82. The van der Waals surface area contributed by atoms with Gasteiger partial charge in [0.1, 0.15) is 0 Å². The molecule has 0 N–H and O–H groups in total. The summed E-state index contributed by atoms with van der Waals surface area (Å²) in [6.07, 6.45) is 7.46. The molecule has 14 heavy (non-hydrogen) atoms. The van der Waals surface area contributed by atoms with Crippen LogP contribution in [-0.2, 0) is 0 Å². The minimum atomic E-state index is 0.737. The Morgan fingerprint density at radius 3 is 2.79 bits per heavy atom. The summed E-state index contributed by atoms with van der Waals surface area (Å²) >= 11 is 1.80. The average molecular weight is 214 g/mol. The molecule has 3 heteroatoms. The zero-order chi connectivity index (χ0) is 10.4. The molecular formula is C11H22N2S. The summed E-state index contributed by atoms with van der Waals surface area (Å²) in [5, 5.41) is 1.25. The first kappa shape index (κ1) is 11.9. The number of amidine groups is 1. The molecule has 0 spiro atoms. The number of likely N-dealkylation sites (tertiary alicyclic amines) is 1. The molecule has 0 aliphatic carbocycles. The first-order valence-electron chi connectivity index (χ1n) is 5.68. The molecule has 82 valence electrons. The molecule has 2 nitrogen and oxygen atoms in total. The predicted octanol–water partition coefficient (Wildman–Crippen LogP) is 2.99. The lowest BCUT2D eigenvalue weighted by Crippen LogP contribution is -2.42. The molecule has 0 unspecified atom stereocenters. The minimum Gasteiger partial charge on any atom is -0.349 e. The second-order valence-electron chi connectivity index (χ2n) is 3.71. The molecule has 0 radical (unpaired) electrons. The van der Waals surface area contributed by atoms with E-state index in [2.05, 4.69) is 30.0 Å². The highest BCUT2D eigenvalue weighted by Gasteiger charge is 2.22. The van der Waals surface area contributed by atoms with Crippen LogP contribution in [0.25, 0.3) is 0 Å². The number of piperidine rings is 1. The summed E-state index contributed by atoms with van der Waals surface area (Å²) in [7, 11) is 0. The van der Waals surface area contributed by atoms with E-state index < -0.39 is 0 Å². The Labute approximate surface area is 92.2 Å². The van der Waals surface area contributed by atoms with Gasteiger partial charge in [-0.15, -0.1) is 0 Å². The number of aliphatic imine (C=N–C) groups is 1. The SMILES string of the molecule is CCN=C(SC)N1CCCC[C@H]1CC. The van der Waals surface area contributed by atoms with Crippen LogP contribution in [0.5, 0.6) is 0 Å². The number of thioether (sulfide) groups is 1. The highest BCUT2D eigenvalue weighted by Crippen LogP contribution is 2.22. The fraction of sp³-hybridized carbons (Fsp3) is 0.909. The molecule has 0 amide bonds. The predicted molar refractivity (Wildman–Crippen MR) is 66.1 cm³/mol. The van der Waals surface area contributed by atoms with Crippen molar-refractivity contribution in [2.75, 3.05) is 19.3 Å². The van der Waals surface area contributed by atoms with Crippen LogP contribution >= 0.6 is 11.8 Å². The van der Waals surface area contributed by atoms with Crippen LogP contribution in [0, 0.1) is 0 Å². The van der Waals surface area contributed by atoms with Gasteiger partial charge in [0.2, 0.25) is 0 Å². The maximum absolute atomic E-state index is 4.57. The zero-order valence-electron chi connectivity index (χ0n) is 9.62. The molecule has 1 atom stereocenters. The van der Waals surface area contributed by atoms with Crippen LogP contribution in [0.2, 0.25) is 0 Å². The minimum absolute atomic E-state index is 0.737. The molecular weight excluding hydrogens is 192 g/mol. The Morgan fingerprint density at radius 1 is 1.43 bits per heavy atom. The summed E-state index contributed by atoms with van der Waals surface area (Å²) in [5.41, 5.74) is 0. The van der Waals surface area contributed by atoms with Gasteiger partial charge in [0.25, 0.3) is 0 Å². The van der Waals surface area contributed by atoms with Gasteiger partial charge < -0.3 is 4.90 Å². The van der Waals surface area contributed by atoms with Crippen LogP contribution in [0.1, 0.15) is 39.5 Å². The molecule has 1 rings (SSSR count). The van der Waals surface area contributed by atoms with Crippen LogP contribution in [0.4, 0.5) is 0 Å². The van der Waals surface area contributed by atoms with Crippen molar-refractivity contribution in [3.05, 3.63) is 0 Å². The maximum atomic E-state index is 4.57. The lowest BCUT2D eigenvalue weighted by Gasteiger charge is -2.37. The third kappa shape index (κ3) is 2.91. The summed E-state index contributed by atoms with van der Waals surface area (Å²) in [6.45, 7) is 6.51. The average Bonchev–Trinajstić information content (AvgIpc) is 2.26. The van der Waals surface area contributed by atoms with Crippen molar-refractivity contribution in [2.45, 2.75) is 45.6 Å². The van der Waals surface area contributed by atoms with Crippen molar-refractivity contribution in [2.24, 2.45) is 4.99 Å². The molecule has 0 bridgehead atoms. The van der Waals surface area contributed by atoms with Crippen molar-refractivity contribution in [1.82, 2.24) is 4.90 Å². The Balaban J connectivity index is 2.65. The van der Waals surface area contributed by atoms with Gasteiger partial charge in [0.05, 0.1) is 0 Å². The van der Waals surface area contributed by atoms with Gasteiger partial charge in [0.15, 0.2) is 5.17 Å². The van der Waals surface area contributed by atoms with Crippen LogP contribution in [0.3, 0.4) is 0 Å². The van der Waals surface area contributed by atoms with Crippen LogP contribution < -0.4 is 0 Å². The normalized spacial score (nSPS) is 24.1. The number of nitrogens with zero attached hydrogens (tertiary/aromatic N) is 2. The molecule has 1 aliphatic heterocycles. The third-order valence-corrected chi connectivity index (χ3v) is 3.55. The molecule has 1 heterocycles. The fourth-order valence-electron chi connectivity index (χ4n) is 2.08. The highest BCUT2D eigenvalue weighted by atomic mass is 32.2. The lowest BCUT2D eigenvalue weighted by atomic mass is 10.0. The molecule has 1 saturated heterocycles. The van der Waals surface area contributed by atoms with Gasteiger partial charge in [-0.2, -0.15) is 0 Å². The third-order valence-electron chi connectivity index (χ3n) is 2.82. The second-order valence-corrected chi connectivity index (χ2v) is 4.49. The first-order valence-corrected chi connectivity index (χ1v) is 6.91. The van der Waals surface area contributed by atoms with Crippen LogP contribution in [-0.4, -0.2) is 35.5 Å². The van der Waals surface area contributed by atoms with E-state index >= 15 is 0 Å². The quantitative estimate of drug-likeness (QED) is 0.519.